The second kappa shape index (κ2) is 8.83. The molecule has 28 heavy (non-hydrogen) atoms. The molecule has 1 fully saturated rings. The summed E-state index contributed by atoms with van der Waals surface area (Å²) in [7, 11) is 0. The van der Waals surface area contributed by atoms with Crippen LogP contribution in [0.3, 0.4) is 0 Å². The fraction of sp³-hybridized carbons (Fsp3) is 0.421. The summed E-state index contributed by atoms with van der Waals surface area (Å²) < 4.78 is 0.667. The molecule has 1 atom stereocenters. The number of thioether (sulfide) groups is 1. The smallest absolute Gasteiger partial charge is 0.228 e. The third kappa shape index (κ3) is 4.96. The summed E-state index contributed by atoms with van der Waals surface area (Å²) in [6.45, 7) is 5.10. The second-order valence-electron chi connectivity index (χ2n) is 6.58. The molecule has 0 bridgehead atoms. The van der Waals surface area contributed by atoms with Crippen LogP contribution in [0.2, 0.25) is 0 Å². The molecule has 1 N–H and O–H groups in total. The van der Waals surface area contributed by atoms with Gasteiger partial charge in [-0.1, -0.05) is 30.0 Å². The molecule has 1 heterocycles. The number of anilines is 2. The van der Waals surface area contributed by atoms with Gasteiger partial charge in [0.25, 0.3) is 0 Å². The van der Waals surface area contributed by atoms with Crippen molar-refractivity contribution >= 4 is 51.5 Å². The maximum atomic E-state index is 12.7. The Balaban J connectivity index is 1.65. The molecule has 1 aliphatic carbocycles. The molecule has 1 aromatic carbocycles. The Bertz CT molecular complexity index is 878. The van der Waals surface area contributed by atoms with Gasteiger partial charge >= 0.3 is 0 Å². The fourth-order valence-corrected chi connectivity index (χ4v) is 4.83. The molecule has 9 heteroatoms. The highest BCUT2D eigenvalue weighted by molar-refractivity contribution is 8.02. The Morgan fingerprint density at radius 3 is 2.50 bits per heavy atom. The number of aromatic nitrogens is 2. The standard InChI is InChI=1S/C19H22N4O3S2/c1-4-16(25)23(15-9-10-15)18-21-22-19(28-18)27-11(2)17(26)13-5-7-14(8-6-13)20-12(3)24/h5-8,11,15H,4,9-10H2,1-3H3,(H,20,24). The third-order valence-corrected chi connectivity index (χ3v) is 6.33. The minimum Gasteiger partial charge on any atom is -0.326 e. The summed E-state index contributed by atoms with van der Waals surface area (Å²) in [5.74, 6) is -0.129. The van der Waals surface area contributed by atoms with Gasteiger partial charge in [-0.25, -0.2) is 0 Å². The van der Waals surface area contributed by atoms with E-state index in [1.807, 2.05) is 13.8 Å². The number of ketones is 1. The van der Waals surface area contributed by atoms with Crippen molar-refractivity contribution in [3.8, 4) is 0 Å². The van der Waals surface area contributed by atoms with E-state index in [0.717, 1.165) is 12.8 Å². The Labute approximate surface area is 171 Å². The van der Waals surface area contributed by atoms with E-state index in [-0.39, 0.29) is 28.9 Å². The van der Waals surface area contributed by atoms with Gasteiger partial charge in [0.1, 0.15) is 0 Å². The van der Waals surface area contributed by atoms with Gasteiger partial charge in [-0.05, 0) is 44.0 Å². The van der Waals surface area contributed by atoms with E-state index < -0.39 is 0 Å². The van der Waals surface area contributed by atoms with Crippen molar-refractivity contribution < 1.29 is 14.4 Å². The van der Waals surface area contributed by atoms with Crippen molar-refractivity contribution in [1.82, 2.24) is 10.2 Å². The van der Waals surface area contributed by atoms with E-state index in [1.165, 1.54) is 30.0 Å². The Hall–Kier alpha value is -2.26. The van der Waals surface area contributed by atoms with Crippen LogP contribution in [0.25, 0.3) is 0 Å². The van der Waals surface area contributed by atoms with Crippen LogP contribution in [0.4, 0.5) is 10.8 Å². The number of carbonyl (C=O) groups is 3. The van der Waals surface area contributed by atoms with Gasteiger partial charge in [-0.3, -0.25) is 19.3 Å². The lowest BCUT2D eigenvalue weighted by atomic mass is 10.1. The first-order valence-electron chi connectivity index (χ1n) is 9.13. The maximum Gasteiger partial charge on any atom is 0.228 e. The van der Waals surface area contributed by atoms with Gasteiger partial charge < -0.3 is 5.32 Å². The first-order valence-corrected chi connectivity index (χ1v) is 10.8. The topological polar surface area (TPSA) is 92.3 Å². The summed E-state index contributed by atoms with van der Waals surface area (Å²) in [6.07, 6.45) is 2.43. The van der Waals surface area contributed by atoms with E-state index >= 15 is 0 Å². The van der Waals surface area contributed by atoms with Crippen molar-refractivity contribution in [3.63, 3.8) is 0 Å². The largest absolute Gasteiger partial charge is 0.326 e. The van der Waals surface area contributed by atoms with Crippen LogP contribution in [-0.2, 0) is 9.59 Å². The SMILES string of the molecule is CCC(=O)N(c1nnc(SC(C)C(=O)c2ccc(NC(C)=O)cc2)s1)C1CC1. The molecule has 7 nitrogen and oxygen atoms in total. The van der Waals surface area contributed by atoms with Crippen molar-refractivity contribution in [2.45, 2.75) is 55.7 Å². The Kier molecular flexibility index (Phi) is 6.46. The number of Topliss-reactive ketones (excluding diaryl/α,β-unsaturated/α-hetero) is 1. The summed E-state index contributed by atoms with van der Waals surface area (Å²) in [4.78, 5) is 37.7. The quantitative estimate of drug-likeness (QED) is 0.399. The molecule has 1 aromatic heterocycles. The fourth-order valence-electron chi connectivity index (χ4n) is 2.68. The molecule has 0 aliphatic heterocycles. The zero-order valence-corrected chi connectivity index (χ0v) is 17.6. The molecule has 0 spiro atoms. The molecule has 1 aliphatic rings. The number of amides is 2. The number of nitrogens with one attached hydrogen (secondary N) is 1. The van der Waals surface area contributed by atoms with Crippen LogP contribution in [0.1, 0.15) is 50.4 Å². The van der Waals surface area contributed by atoms with Crippen LogP contribution in [0.5, 0.6) is 0 Å². The van der Waals surface area contributed by atoms with E-state index in [0.29, 0.717) is 27.1 Å². The molecule has 1 unspecified atom stereocenters. The summed E-state index contributed by atoms with van der Waals surface area (Å²) in [6, 6.07) is 7.05. The lowest BCUT2D eigenvalue weighted by Crippen LogP contribution is -2.32. The average molecular weight is 419 g/mol. The summed E-state index contributed by atoms with van der Waals surface area (Å²) >= 11 is 2.69. The van der Waals surface area contributed by atoms with Crippen molar-refractivity contribution in [2.75, 3.05) is 10.2 Å². The van der Waals surface area contributed by atoms with Crippen LogP contribution in [0, 0.1) is 0 Å². The van der Waals surface area contributed by atoms with E-state index in [2.05, 4.69) is 15.5 Å². The number of hydrogen-bond acceptors (Lipinski definition) is 7. The van der Waals surface area contributed by atoms with E-state index in [1.54, 1.807) is 29.2 Å². The Morgan fingerprint density at radius 2 is 1.93 bits per heavy atom. The zero-order chi connectivity index (χ0) is 20.3. The van der Waals surface area contributed by atoms with Gasteiger partial charge in [0.2, 0.25) is 16.9 Å². The van der Waals surface area contributed by atoms with E-state index in [4.69, 9.17) is 0 Å². The molecule has 0 radical (unpaired) electrons. The minimum absolute atomic E-state index is 0.0280. The highest BCUT2D eigenvalue weighted by atomic mass is 32.2. The number of rotatable bonds is 8. The zero-order valence-electron chi connectivity index (χ0n) is 16.0. The highest BCUT2D eigenvalue weighted by Crippen LogP contribution is 2.37. The van der Waals surface area contributed by atoms with Gasteiger partial charge in [-0.15, -0.1) is 10.2 Å². The van der Waals surface area contributed by atoms with Crippen LogP contribution >= 0.6 is 23.1 Å². The Morgan fingerprint density at radius 1 is 1.25 bits per heavy atom. The highest BCUT2D eigenvalue weighted by Gasteiger charge is 2.35. The lowest BCUT2D eigenvalue weighted by molar-refractivity contribution is -0.118. The molecule has 1 saturated carbocycles. The van der Waals surface area contributed by atoms with Crippen LogP contribution < -0.4 is 10.2 Å². The normalized spacial score (nSPS) is 14.4. The first kappa shape index (κ1) is 20.5. The van der Waals surface area contributed by atoms with E-state index in [9.17, 15) is 14.4 Å². The maximum absolute atomic E-state index is 12.7. The minimum atomic E-state index is -0.344. The third-order valence-electron chi connectivity index (χ3n) is 4.22. The number of benzene rings is 1. The van der Waals surface area contributed by atoms with Crippen molar-refractivity contribution in [3.05, 3.63) is 29.8 Å². The van der Waals surface area contributed by atoms with Crippen LogP contribution in [0.15, 0.2) is 28.6 Å². The predicted molar refractivity (Wildman–Crippen MR) is 111 cm³/mol. The molecular formula is C19H22N4O3S2. The molecule has 3 rings (SSSR count). The summed E-state index contributed by atoms with van der Waals surface area (Å²) in [5, 5.41) is 11.3. The monoisotopic (exact) mass is 418 g/mol. The van der Waals surface area contributed by atoms with Gasteiger partial charge in [-0.2, -0.15) is 0 Å². The second-order valence-corrected chi connectivity index (χ2v) is 9.13. The average Bonchev–Trinajstić information content (AvgIpc) is 3.40. The molecule has 2 aromatic rings. The number of hydrogen-bond donors (Lipinski definition) is 1. The van der Waals surface area contributed by atoms with Gasteiger partial charge in [0.15, 0.2) is 10.1 Å². The predicted octanol–water partition coefficient (Wildman–Crippen LogP) is 3.77. The number of nitrogens with zero attached hydrogens (tertiary/aromatic N) is 3. The molecular weight excluding hydrogens is 396 g/mol. The number of carbonyl (C=O) groups excluding carboxylic acids is 3. The van der Waals surface area contributed by atoms with Crippen molar-refractivity contribution in [1.29, 1.82) is 0 Å². The lowest BCUT2D eigenvalue weighted by Gasteiger charge is -2.17. The van der Waals surface area contributed by atoms with Crippen molar-refractivity contribution in [2.24, 2.45) is 0 Å². The van der Waals surface area contributed by atoms with Gasteiger partial charge in [0, 0.05) is 30.6 Å². The molecule has 148 valence electrons. The first-order chi connectivity index (χ1) is 13.4. The van der Waals surface area contributed by atoms with Gasteiger partial charge in [0.05, 0.1) is 5.25 Å². The summed E-state index contributed by atoms with van der Waals surface area (Å²) in [5.41, 5.74) is 1.22. The van der Waals surface area contributed by atoms with Crippen LogP contribution in [-0.4, -0.2) is 39.1 Å². The molecule has 2 amide bonds. The molecule has 0 saturated heterocycles.